The van der Waals surface area contributed by atoms with E-state index in [0.29, 0.717) is 6.61 Å². The van der Waals surface area contributed by atoms with Crippen LogP contribution in [0.25, 0.3) is 0 Å². The average Bonchev–Trinajstić information content (AvgIpc) is 2.30. The lowest BCUT2D eigenvalue weighted by molar-refractivity contribution is 0.157. The predicted molar refractivity (Wildman–Crippen MR) is 62.6 cm³/mol. The van der Waals surface area contributed by atoms with Gasteiger partial charge in [0.2, 0.25) is 14.7 Å². The Morgan fingerprint density at radius 2 is 1.94 bits per heavy atom. The second kappa shape index (κ2) is 5.06. The zero-order valence-corrected chi connectivity index (χ0v) is 10.2. The first-order chi connectivity index (χ1) is 7.73. The van der Waals surface area contributed by atoms with Crippen LogP contribution < -0.4 is 5.19 Å². The van der Waals surface area contributed by atoms with Crippen molar-refractivity contribution in [2.24, 2.45) is 0 Å². The first-order valence-electron chi connectivity index (χ1n) is 5.71. The molecule has 0 N–H and O–H groups in total. The molecule has 0 aromatic heterocycles. The van der Waals surface area contributed by atoms with Gasteiger partial charge in [0.1, 0.15) is 0 Å². The second-order valence-corrected chi connectivity index (χ2v) is 8.02. The fourth-order valence-electron chi connectivity index (χ4n) is 2.35. The lowest BCUT2D eigenvalue weighted by atomic mass is 10.3. The van der Waals surface area contributed by atoms with Crippen LogP contribution in [0.3, 0.4) is 0 Å². The number of alkyl halides is 2. The minimum atomic E-state index is -2.37. The van der Waals surface area contributed by atoms with Crippen LogP contribution in [-0.4, -0.2) is 21.3 Å². The smallest absolute Gasteiger partial charge is 0.238 e. The van der Waals surface area contributed by atoms with E-state index in [9.17, 15) is 8.78 Å². The number of halogens is 2. The highest BCUT2D eigenvalue weighted by Gasteiger charge is 2.41. The second-order valence-electron chi connectivity index (χ2n) is 4.26. The van der Waals surface area contributed by atoms with E-state index in [1.165, 1.54) is 0 Å². The van der Waals surface area contributed by atoms with Crippen LogP contribution in [0, 0.1) is 0 Å². The Labute approximate surface area is 95.6 Å². The molecule has 0 amide bonds. The van der Waals surface area contributed by atoms with Gasteiger partial charge in [-0.25, -0.2) is 8.78 Å². The first kappa shape index (κ1) is 11.7. The largest absolute Gasteiger partial charge is 0.412 e. The molecular weight excluding hydrogens is 226 g/mol. The highest BCUT2D eigenvalue weighted by atomic mass is 28.4. The monoisotopic (exact) mass is 242 g/mol. The zero-order chi connectivity index (χ0) is 11.4. The van der Waals surface area contributed by atoms with Crippen molar-refractivity contribution in [2.45, 2.75) is 31.4 Å². The molecule has 0 bridgehead atoms. The zero-order valence-electron chi connectivity index (χ0n) is 9.16. The van der Waals surface area contributed by atoms with Crippen molar-refractivity contribution in [2.75, 3.05) is 6.61 Å². The molecule has 0 saturated carbocycles. The molecule has 1 atom stereocenters. The van der Waals surface area contributed by atoms with Crippen molar-refractivity contribution in [3.63, 3.8) is 0 Å². The van der Waals surface area contributed by atoms with Gasteiger partial charge < -0.3 is 4.43 Å². The maximum Gasteiger partial charge on any atom is 0.238 e. The third-order valence-corrected chi connectivity index (χ3v) is 7.41. The molecule has 1 aromatic rings. The number of rotatable bonds is 3. The molecule has 1 unspecified atom stereocenters. The highest BCUT2D eigenvalue weighted by Crippen LogP contribution is 2.28. The Kier molecular flexibility index (Phi) is 3.71. The van der Waals surface area contributed by atoms with Gasteiger partial charge in [0.15, 0.2) is 0 Å². The van der Waals surface area contributed by atoms with Gasteiger partial charge in [-0.1, -0.05) is 36.8 Å². The Balaban J connectivity index is 2.26. The molecule has 0 radical (unpaired) electrons. The van der Waals surface area contributed by atoms with Gasteiger partial charge >= 0.3 is 0 Å². The van der Waals surface area contributed by atoms with E-state index in [0.717, 1.165) is 24.1 Å². The van der Waals surface area contributed by atoms with E-state index >= 15 is 0 Å². The van der Waals surface area contributed by atoms with Crippen molar-refractivity contribution >= 4 is 13.5 Å². The lowest BCUT2D eigenvalue weighted by Gasteiger charge is -2.35. The Morgan fingerprint density at radius 1 is 1.19 bits per heavy atom. The van der Waals surface area contributed by atoms with Crippen LogP contribution in [0.1, 0.15) is 12.8 Å². The van der Waals surface area contributed by atoms with Crippen LogP contribution in [0.4, 0.5) is 8.78 Å². The van der Waals surface area contributed by atoms with E-state index in [-0.39, 0.29) is 6.04 Å². The Morgan fingerprint density at radius 3 is 2.50 bits per heavy atom. The molecule has 1 nitrogen and oxygen atoms in total. The molecule has 1 saturated heterocycles. The van der Waals surface area contributed by atoms with Gasteiger partial charge in [0, 0.05) is 12.7 Å². The molecule has 0 aliphatic carbocycles. The summed E-state index contributed by atoms with van der Waals surface area (Å²) in [5.74, 6) is 0. The van der Waals surface area contributed by atoms with E-state index in [1.54, 1.807) is 0 Å². The summed E-state index contributed by atoms with van der Waals surface area (Å²) in [6, 6.07) is 10.4. The van der Waals surface area contributed by atoms with E-state index in [1.807, 2.05) is 30.3 Å². The molecule has 4 heteroatoms. The average molecular weight is 242 g/mol. The topological polar surface area (TPSA) is 9.23 Å². The van der Waals surface area contributed by atoms with Crippen LogP contribution in [0.15, 0.2) is 30.3 Å². The third kappa shape index (κ3) is 2.49. The molecule has 88 valence electrons. The van der Waals surface area contributed by atoms with Crippen molar-refractivity contribution < 1.29 is 13.2 Å². The Hall–Kier alpha value is -0.743. The molecule has 1 aromatic carbocycles. The maximum absolute atomic E-state index is 12.7. The van der Waals surface area contributed by atoms with Crippen molar-refractivity contribution in [3.8, 4) is 0 Å². The number of benzene rings is 1. The molecule has 1 aliphatic heterocycles. The summed E-state index contributed by atoms with van der Waals surface area (Å²) in [6.45, 7) is 0.647. The van der Waals surface area contributed by atoms with Gasteiger partial charge in [-0.05, 0) is 17.7 Å². The SMILES string of the molecule is FC(F)C[Si]1(c2ccccc2)CCCCO1. The van der Waals surface area contributed by atoms with Gasteiger partial charge in [-0.2, -0.15) is 0 Å². The van der Waals surface area contributed by atoms with E-state index < -0.39 is 14.7 Å². The van der Waals surface area contributed by atoms with Crippen LogP contribution in [0.2, 0.25) is 12.1 Å². The molecule has 16 heavy (non-hydrogen) atoms. The standard InChI is InChI=1S/C12H16F2OSi/c13-12(14)10-16(9-5-4-8-15-16)11-6-2-1-3-7-11/h1-3,6-7,12H,4-5,8-10H2. The number of hydrogen-bond donors (Lipinski definition) is 0. The van der Waals surface area contributed by atoms with Crippen molar-refractivity contribution in [3.05, 3.63) is 30.3 Å². The van der Waals surface area contributed by atoms with Crippen molar-refractivity contribution in [1.82, 2.24) is 0 Å². The molecular formula is C12H16F2OSi. The minimum absolute atomic E-state index is 0.0585. The summed E-state index contributed by atoms with van der Waals surface area (Å²) in [7, 11) is -2.37. The fourth-order valence-corrected chi connectivity index (χ4v) is 6.16. The van der Waals surface area contributed by atoms with Gasteiger partial charge in [-0.15, -0.1) is 0 Å². The highest BCUT2D eigenvalue weighted by molar-refractivity contribution is 6.86. The molecule has 1 aliphatic rings. The van der Waals surface area contributed by atoms with Gasteiger partial charge in [0.25, 0.3) is 0 Å². The van der Waals surface area contributed by atoms with Crippen LogP contribution >= 0.6 is 0 Å². The predicted octanol–water partition coefficient (Wildman–Crippen LogP) is 2.91. The Bertz CT molecular complexity index is 323. The normalized spacial score (nSPS) is 25.9. The fraction of sp³-hybridized carbons (Fsp3) is 0.500. The summed E-state index contributed by atoms with van der Waals surface area (Å²) in [5, 5.41) is 1.02. The summed E-state index contributed by atoms with van der Waals surface area (Å²) < 4.78 is 31.2. The van der Waals surface area contributed by atoms with Crippen LogP contribution in [-0.2, 0) is 4.43 Å². The van der Waals surface area contributed by atoms with Gasteiger partial charge in [-0.3, -0.25) is 0 Å². The summed E-state index contributed by atoms with van der Waals surface area (Å²) in [4.78, 5) is 0. The summed E-state index contributed by atoms with van der Waals surface area (Å²) in [6.07, 6.45) is -0.233. The first-order valence-corrected chi connectivity index (χ1v) is 8.03. The molecule has 0 spiro atoms. The van der Waals surface area contributed by atoms with Gasteiger partial charge in [0.05, 0.1) is 0 Å². The quantitative estimate of drug-likeness (QED) is 0.741. The molecule has 2 rings (SSSR count). The minimum Gasteiger partial charge on any atom is -0.412 e. The summed E-state index contributed by atoms with van der Waals surface area (Å²) >= 11 is 0. The van der Waals surface area contributed by atoms with E-state index in [2.05, 4.69) is 0 Å². The number of hydrogen-bond acceptors (Lipinski definition) is 1. The summed E-state index contributed by atoms with van der Waals surface area (Å²) in [5.41, 5.74) is 0. The maximum atomic E-state index is 12.7. The lowest BCUT2D eigenvalue weighted by Crippen LogP contribution is -2.53. The third-order valence-electron chi connectivity index (χ3n) is 3.14. The van der Waals surface area contributed by atoms with Crippen molar-refractivity contribution in [1.29, 1.82) is 0 Å². The van der Waals surface area contributed by atoms with E-state index in [4.69, 9.17) is 4.43 Å². The molecule has 1 heterocycles. The molecule has 1 fully saturated rings. The van der Waals surface area contributed by atoms with Crippen LogP contribution in [0.5, 0.6) is 0 Å².